The van der Waals surface area contributed by atoms with E-state index in [1.54, 1.807) is 11.0 Å². The Hall–Kier alpha value is -2.79. The summed E-state index contributed by atoms with van der Waals surface area (Å²) in [6, 6.07) is 13.4. The summed E-state index contributed by atoms with van der Waals surface area (Å²) in [5.41, 5.74) is 3.58. The molecule has 1 heterocycles. The number of hydrogen-bond donors (Lipinski definition) is 2. The number of anilines is 1. The maximum atomic E-state index is 12.3. The number of H-pyrrole nitrogens is 1. The van der Waals surface area contributed by atoms with Crippen LogP contribution in [0.4, 0.5) is 5.69 Å². The highest BCUT2D eigenvalue weighted by atomic mass is 35.5. The summed E-state index contributed by atoms with van der Waals surface area (Å²) in [5.74, 6) is -0.169. The minimum absolute atomic E-state index is 0.0777. The third kappa shape index (κ3) is 4.31. The Morgan fingerprint density at radius 2 is 1.93 bits per heavy atom. The molecule has 0 aliphatic carbocycles. The quantitative estimate of drug-likeness (QED) is 0.679. The summed E-state index contributed by atoms with van der Waals surface area (Å²) in [6.45, 7) is 4.14. The molecule has 6 heteroatoms. The highest BCUT2D eigenvalue weighted by Gasteiger charge is 2.15. The number of fused-ring (bicyclic) bond motifs is 1. The number of rotatable bonds is 6. The minimum atomic E-state index is -0.0914. The Labute approximate surface area is 163 Å². The highest BCUT2D eigenvalue weighted by molar-refractivity contribution is 6.31. The Balaban J connectivity index is 1.61. The second-order valence-corrected chi connectivity index (χ2v) is 6.85. The Kier molecular flexibility index (Phi) is 5.81. The monoisotopic (exact) mass is 383 g/mol. The molecule has 0 unspecified atom stereocenters. The van der Waals surface area contributed by atoms with Gasteiger partial charge in [0.15, 0.2) is 0 Å². The number of hydrogen-bond acceptors (Lipinski definition) is 2. The molecule has 27 heavy (non-hydrogen) atoms. The number of aromatic amines is 1. The molecule has 0 aliphatic rings. The smallest absolute Gasteiger partial charge is 0.224 e. The molecule has 3 rings (SSSR count). The summed E-state index contributed by atoms with van der Waals surface area (Å²) in [7, 11) is 0. The van der Waals surface area contributed by atoms with E-state index >= 15 is 0 Å². The molecule has 0 fully saturated rings. The molecule has 2 N–H and O–H groups in total. The third-order valence-electron chi connectivity index (χ3n) is 4.59. The zero-order chi connectivity index (χ0) is 19.4. The van der Waals surface area contributed by atoms with Gasteiger partial charge in [-0.3, -0.25) is 9.59 Å². The van der Waals surface area contributed by atoms with Gasteiger partial charge in [-0.25, -0.2) is 0 Å². The first-order valence-electron chi connectivity index (χ1n) is 8.82. The summed E-state index contributed by atoms with van der Waals surface area (Å²) in [5, 5.41) is 4.56. The predicted molar refractivity (Wildman–Crippen MR) is 109 cm³/mol. The average Bonchev–Trinajstić information content (AvgIpc) is 3.04. The lowest BCUT2D eigenvalue weighted by Crippen LogP contribution is -2.38. The molecule has 0 spiro atoms. The second kappa shape index (κ2) is 8.27. The molecule has 0 saturated heterocycles. The fourth-order valence-electron chi connectivity index (χ4n) is 3.16. The zero-order valence-corrected chi connectivity index (χ0v) is 16.1. The maximum absolute atomic E-state index is 12.3. The molecule has 0 bridgehead atoms. The van der Waals surface area contributed by atoms with E-state index in [4.69, 9.17) is 11.6 Å². The molecule has 2 amide bonds. The summed E-state index contributed by atoms with van der Waals surface area (Å²) in [4.78, 5) is 29.2. The van der Waals surface area contributed by atoms with Crippen LogP contribution in [0.3, 0.4) is 0 Å². The molecule has 140 valence electrons. The first-order valence-corrected chi connectivity index (χ1v) is 9.20. The van der Waals surface area contributed by atoms with E-state index in [9.17, 15) is 9.59 Å². The van der Waals surface area contributed by atoms with E-state index in [2.05, 4.69) is 10.3 Å². The van der Waals surface area contributed by atoms with Crippen molar-refractivity contribution in [1.82, 2.24) is 10.3 Å². The van der Waals surface area contributed by atoms with Crippen molar-refractivity contribution in [1.29, 1.82) is 0 Å². The van der Waals surface area contributed by atoms with Crippen molar-refractivity contribution in [3.05, 3.63) is 64.8 Å². The lowest BCUT2D eigenvalue weighted by atomic mass is 10.1. The Morgan fingerprint density at radius 3 is 2.70 bits per heavy atom. The average molecular weight is 384 g/mol. The van der Waals surface area contributed by atoms with Gasteiger partial charge in [0.1, 0.15) is 0 Å². The van der Waals surface area contributed by atoms with Gasteiger partial charge in [-0.15, -0.1) is 0 Å². The highest BCUT2D eigenvalue weighted by Crippen LogP contribution is 2.26. The SMILES string of the molecule is CC(=O)N(CCNC(=O)Cc1c[nH]c2ccccc12)c1cccc(Cl)c1C. The number of nitrogens with zero attached hydrogens (tertiary/aromatic N) is 1. The molecule has 1 aromatic heterocycles. The number of carbonyl (C=O) groups excluding carboxylic acids is 2. The molecule has 0 radical (unpaired) electrons. The minimum Gasteiger partial charge on any atom is -0.361 e. The largest absolute Gasteiger partial charge is 0.361 e. The lowest BCUT2D eigenvalue weighted by molar-refractivity contribution is -0.121. The van der Waals surface area contributed by atoms with Crippen LogP contribution in [-0.2, 0) is 16.0 Å². The van der Waals surface area contributed by atoms with Crippen LogP contribution in [0.2, 0.25) is 5.02 Å². The number of halogens is 1. The van der Waals surface area contributed by atoms with Crippen molar-refractivity contribution >= 4 is 40.0 Å². The van der Waals surface area contributed by atoms with Crippen LogP contribution in [0.1, 0.15) is 18.1 Å². The fourth-order valence-corrected chi connectivity index (χ4v) is 3.33. The number of aromatic nitrogens is 1. The van der Waals surface area contributed by atoms with Gasteiger partial charge < -0.3 is 15.2 Å². The topological polar surface area (TPSA) is 65.2 Å². The van der Waals surface area contributed by atoms with E-state index in [1.807, 2.05) is 49.5 Å². The predicted octanol–water partition coefficient (Wildman–Crippen LogP) is 3.84. The third-order valence-corrected chi connectivity index (χ3v) is 5.00. The number of benzene rings is 2. The van der Waals surface area contributed by atoms with Gasteiger partial charge in [-0.05, 0) is 36.2 Å². The molecule has 0 saturated carbocycles. The molecular formula is C21H22ClN3O2. The number of carbonyl (C=O) groups is 2. The summed E-state index contributed by atoms with van der Waals surface area (Å²) < 4.78 is 0. The zero-order valence-electron chi connectivity index (χ0n) is 15.4. The van der Waals surface area contributed by atoms with Gasteiger partial charge in [0, 0.05) is 47.8 Å². The molecule has 3 aromatic rings. The van der Waals surface area contributed by atoms with Crippen LogP contribution in [-0.4, -0.2) is 29.9 Å². The number of nitrogens with one attached hydrogen (secondary N) is 2. The van der Waals surface area contributed by atoms with Gasteiger partial charge in [0.25, 0.3) is 0 Å². The van der Waals surface area contributed by atoms with Crippen molar-refractivity contribution in [3.63, 3.8) is 0 Å². The van der Waals surface area contributed by atoms with Crippen LogP contribution in [0, 0.1) is 6.92 Å². The van der Waals surface area contributed by atoms with Gasteiger partial charge in [0.05, 0.1) is 6.42 Å². The van der Waals surface area contributed by atoms with Gasteiger partial charge in [-0.1, -0.05) is 35.9 Å². The van der Waals surface area contributed by atoms with Gasteiger partial charge >= 0.3 is 0 Å². The summed E-state index contributed by atoms with van der Waals surface area (Å²) >= 11 is 6.16. The molecule has 5 nitrogen and oxygen atoms in total. The molecule has 2 aromatic carbocycles. The molecule has 0 atom stereocenters. The maximum Gasteiger partial charge on any atom is 0.224 e. The van der Waals surface area contributed by atoms with Gasteiger partial charge in [0.2, 0.25) is 11.8 Å². The van der Waals surface area contributed by atoms with Crippen LogP contribution in [0.5, 0.6) is 0 Å². The van der Waals surface area contributed by atoms with Crippen molar-refractivity contribution in [2.75, 3.05) is 18.0 Å². The molecular weight excluding hydrogens is 362 g/mol. The number of amides is 2. The standard InChI is InChI=1S/C21H22ClN3O2/c1-14-18(22)7-5-9-20(14)25(15(2)26)11-10-23-21(27)12-16-13-24-19-8-4-3-6-17(16)19/h3-9,13,24H,10-12H2,1-2H3,(H,23,27). The van der Waals surface area contributed by atoms with Crippen LogP contribution >= 0.6 is 11.6 Å². The second-order valence-electron chi connectivity index (χ2n) is 6.44. The lowest BCUT2D eigenvalue weighted by Gasteiger charge is -2.23. The van der Waals surface area contributed by atoms with Crippen LogP contribution < -0.4 is 10.2 Å². The van der Waals surface area contributed by atoms with E-state index in [1.165, 1.54) is 6.92 Å². The van der Waals surface area contributed by atoms with Crippen molar-refractivity contribution in [3.8, 4) is 0 Å². The van der Waals surface area contributed by atoms with Crippen molar-refractivity contribution in [2.24, 2.45) is 0 Å². The van der Waals surface area contributed by atoms with Gasteiger partial charge in [-0.2, -0.15) is 0 Å². The first-order chi connectivity index (χ1) is 13.0. The Bertz CT molecular complexity index is 980. The van der Waals surface area contributed by atoms with E-state index < -0.39 is 0 Å². The van der Waals surface area contributed by atoms with E-state index in [0.29, 0.717) is 24.5 Å². The summed E-state index contributed by atoms with van der Waals surface area (Å²) in [6.07, 6.45) is 2.15. The van der Waals surface area contributed by atoms with Crippen LogP contribution in [0.25, 0.3) is 10.9 Å². The first kappa shape index (κ1) is 19.0. The molecule has 0 aliphatic heterocycles. The van der Waals surface area contributed by atoms with Crippen molar-refractivity contribution in [2.45, 2.75) is 20.3 Å². The Morgan fingerprint density at radius 1 is 1.15 bits per heavy atom. The van der Waals surface area contributed by atoms with E-state index in [0.717, 1.165) is 27.7 Å². The fraction of sp³-hybridized carbons (Fsp3) is 0.238. The normalized spacial score (nSPS) is 10.8. The van der Waals surface area contributed by atoms with Crippen molar-refractivity contribution < 1.29 is 9.59 Å². The van der Waals surface area contributed by atoms with E-state index in [-0.39, 0.29) is 11.8 Å². The number of para-hydroxylation sites is 1. The van der Waals surface area contributed by atoms with Crippen LogP contribution in [0.15, 0.2) is 48.7 Å².